The van der Waals surface area contributed by atoms with Crippen LogP contribution in [0.5, 0.6) is 5.75 Å². The lowest BCUT2D eigenvalue weighted by molar-refractivity contribution is 0.0733. The zero-order valence-electron chi connectivity index (χ0n) is 15.9. The molecule has 0 fully saturated rings. The van der Waals surface area contributed by atoms with Crippen molar-refractivity contribution in [1.29, 1.82) is 0 Å². The summed E-state index contributed by atoms with van der Waals surface area (Å²) in [7, 11) is 0. The fourth-order valence-electron chi connectivity index (χ4n) is 2.52. The molecule has 30 heavy (non-hydrogen) atoms. The second-order valence-electron chi connectivity index (χ2n) is 6.22. The van der Waals surface area contributed by atoms with Crippen LogP contribution in [0, 0.1) is 12.7 Å². The van der Waals surface area contributed by atoms with E-state index in [0.717, 1.165) is 10.0 Å². The molecule has 0 heterocycles. The second-order valence-corrected chi connectivity index (χ2v) is 7.54. The number of hydrogen-bond donors (Lipinski definition) is 2. The molecule has 3 aromatic rings. The van der Waals surface area contributed by atoms with Gasteiger partial charge in [0.25, 0.3) is 0 Å². The maximum Gasteiger partial charge on any atom is 0.343 e. The lowest BCUT2D eigenvalue weighted by Gasteiger charge is -2.10. The minimum atomic E-state index is -0.452. The number of thiocarbonyl (C=S) groups is 1. The Labute approximate surface area is 187 Å². The first kappa shape index (κ1) is 21.6. The zero-order valence-corrected chi connectivity index (χ0v) is 18.3. The van der Waals surface area contributed by atoms with Gasteiger partial charge >= 0.3 is 5.97 Å². The number of carbonyl (C=O) groups is 1. The standard InChI is InChI=1S/C22H17BrFN3O2S/c1-14-4-2-3-5-19(14)21(28)29-20-11-6-16(23)12-15(20)13-25-27-22(30)26-18-9-7-17(24)8-10-18/h2-13H,1H3,(H2,26,27,30)/b25-13+. The Morgan fingerprint density at radius 2 is 1.87 bits per heavy atom. The van der Waals surface area contributed by atoms with Gasteiger partial charge in [-0.2, -0.15) is 5.10 Å². The highest BCUT2D eigenvalue weighted by atomic mass is 79.9. The van der Waals surface area contributed by atoms with Gasteiger partial charge in [-0.25, -0.2) is 9.18 Å². The van der Waals surface area contributed by atoms with E-state index >= 15 is 0 Å². The molecule has 0 unspecified atom stereocenters. The van der Waals surface area contributed by atoms with Gasteiger partial charge < -0.3 is 10.1 Å². The third-order valence-corrected chi connectivity index (χ3v) is 4.70. The normalized spacial score (nSPS) is 10.6. The van der Waals surface area contributed by atoms with Crippen molar-refractivity contribution in [3.8, 4) is 5.75 Å². The van der Waals surface area contributed by atoms with Crippen molar-refractivity contribution in [2.45, 2.75) is 6.92 Å². The van der Waals surface area contributed by atoms with Crippen molar-refractivity contribution < 1.29 is 13.9 Å². The predicted octanol–water partition coefficient (Wildman–Crippen LogP) is 5.44. The molecule has 0 saturated carbocycles. The van der Waals surface area contributed by atoms with E-state index in [0.29, 0.717) is 22.6 Å². The Bertz CT molecular complexity index is 1100. The summed E-state index contributed by atoms with van der Waals surface area (Å²) < 4.78 is 19.3. The Morgan fingerprint density at radius 1 is 1.13 bits per heavy atom. The van der Waals surface area contributed by atoms with E-state index in [1.807, 2.05) is 19.1 Å². The zero-order chi connectivity index (χ0) is 21.5. The number of benzene rings is 3. The highest BCUT2D eigenvalue weighted by molar-refractivity contribution is 9.10. The van der Waals surface area contributed by atoms with E-state index in [4.69, 9.17) is 17.0 Å². The number of rotatable bonds is 5. The molecule has 0 aromatic heterocycles. The smallest absolute Gasteiger partial charge is 0.343 e. The summed E-state index contributed by atoms with van der Waals surface area (Å²) in [6, 6.07) is 18.2. The molecule has 0 aliphatic carbocycles. The highest BCUT2D eigenvalue weighted by Crippen LogP contribution is 2.23. The van der Waals surface area contributed by atoms with Gasteiger partial charge in [-0.05, 0) is 73.2 Å². The molecule has 2 N–H and O–H groups in total. The van der Waals surface area contributed by atoms with E-state index in [1.54, 1.807) is 42.5 Å². The van der Waals surface area contributed by atoms with Gasteiger partial charge in [0.05, 0.1) is 11.8 Å². The molecule has 0 aliphatic heterocycles. The Kier molecular flexibility index (Phi) is 7.26. The molecule has 0 radical (unpaired) electrons. The van der Waals surface area contributed by atoms with Crippen molar-refractivity contribution in [2.75, 3.05) is 5.32 Å². The van der Waals surface area contributed by atoms with E-state index in [9.17, 15) is 9.18 Å². The molecule has 3 rings (SSSR count). The van der Waals surface area contributed by atoms with Gasteiger partial charge in [-0.3, -0.25) is 5.43 Å². The topological polar surface area (TPSA) is 62.7 Å². The number of nitrogens with zero attached hydrogens (tertiary/aromatic N) is 1. The van der Waals surface area contributed by atoms with Crippen LogP contribution >= 0.6 is 28.1 Å². The number of hydrazone groups is 1. The molecule has 152 valence electrons. The molecule has 8 heteroatoms. The van der Waals surface area contributed by atoms with Gasteiger partial charge in [0.1, 0.15) is 11.6 Å². The molecular formula is C22H17BrFN3O2S. The van der Waals surface area contributed by atoms with Gasteiger partial charge in [-0.1, -0.05) is 34.1 Å². The summed E-state index contributed by atoms with van der Waals surface area (Å²) in [5.74, 6) is -0.430. The number of carbonyl (C=O) groups excluding carboxylic acids is 1. The lowest BCUT2D eigenvalue weighted by atomic mass is 10.1. The fraction of sp³-hybridized carbons (Fsp3) is 0.0455. The van der Waals surface area contributed by atoms with Gasteiger partial charge in [0.2, 0.25) is 0 Å². The van der Waals surface area contributed by atoms with Crippen LogP contribution in [0.4, 0.5) is 10.1 Å². The van der Waals surface area contributed by atoms with Crippen molar-refractivity contribution in [3.05, 3.63) is 93.7 Å². The molecule has 5 nitrogen and oxygen atoms in total. The van der Waals surface area contributed by atoms with Crippen LogP contribution in [0.3, 0.4) is 0 Å². The summed E-state index contributed by atoms with van der Waals surface area (Å²) >= 11 is 8.57. The number of halogens is 2. The average Bonchev–Trinajstić information content (AvgIpc) is 2.72. The largest absolute Gasteiger partial charge is 0.422 e. The van der Waals surface area contributed by atoms with E-state index < -0.39 is 5.97 Å². The molecular weight excluding hydrogens is 469 g/mol. The van der Waals surface area contributed by atoms with E-state index in [-0.39, 0.29) is 10.9 Å². The van der Waals surface area contributed by atoms with Gasteiger partial charge in [0.15, 0.2) is 5.11 Å². The van der Waals surface area contributed by atoms with Gasteiger partial charge in [0, 0.05) is 15.7 Å². The molecule has 0 spiro atoms. The SMILES string of the molecule is Cc1ccccc1C(=O)Oc1ccc(Br)cc1/C=N/NC(=S)Nc1ccc(F)cc1. The van der Waals surface area contributed by atoms with E-state index in [1.165, 1.54) is 18.3 Å². The van der Waals surface area contributed by atoms with Crippen molar-refractivity contribution in [1.82, 2.24) is 5.43 Å². The quantitative estimate of drug-likeness (QED) is 0.166. The first-order valence-electron chi connectivity index (χ1n) is 8.85. The third kappa shape index (κ3) is 5.95. The third-order valence-electron chi connectivity index (χ3n) is 4.01. The molecule has 3 aromatic carbocycles. The molecule has 0 atom stereocenters. The van der Waals surface area contributed by atoms with Crippen molar-refractivity contribution in [2.24, 2.45) is 5.10 Å². The van der Waals surface area contributed by atoms with Crippen LogP contribution in [0.1, 0.15) is 21.5 Å². The van der Waals surface area contributed by atoms with Gasteiger partial charge in [-0.15, -0.1) is 0 Å². The average molecular weight is 486 g/mol. The number of esters is 1. The van der Waals surface area contributed by atoms with Crippen LogP contribution < -0.4 is 15.5 Å². The van der Waals surface area contributed by atoms with Crippen molar-refractivity contribution >= 4 is 51.1 Å². The predicted molar refractivity (Wildman–Crippen MR) is 124 cm³/mol. The number of aryl methyl sites for hydroxylation is 1. The van der Waals surface area contributed by atoms with Crippen molar-refractivity contribution in [3.63, 3.8) is 0 Å². The maximum atomic E-state index is 13.0. The van der Waals surface area contributed by atoms with Crippen LogP contribution in [-0.2, 0) is 0 Å². The van der Waals surface area contributed by atoms with Crippen LogP contribution in [-0.4, -0.2) is 17.3 Å². The Balaban J connectivity index is 1.68. The Morgan fingerprint density at radius 3 is 2.60 bits per heavy atom. The number of hydrogen-bond acceptors (Lipinski definition) is 4. The summed E-state index contributed by atoms with van der Waals surface area (Å²) in [5.41, 5.74) is 5.19. The monoisotopic (exact) mass is 485 g/mol. The first-order chi connectivity index (χ1) is 14.4. The molecule has 0 bridgehead atoms. The van der Waals surface area contributed by atoms with Crippen LogP contribution in [0.15, 0.2) is 76.3 Å². The minimum Gasteiger partial charge on any atom is -0.422 e. The molecule has 0 saturated heterocycles. The van der Waals surface area contributed by atoms with Crippen LogP contribution in [0.2, 0.25) is 0 Å². The summed E-state index contributed by atoms with van der Waals surface area (Å²) in [6.45, 7) is 1.85. The number of nitrogens with one attached hydrogen (secondary N) is 2. The lowest BCUT2D eigenvalue weighted by Crippen LogP contribution is -2.23. The maximum absolute atomic E-state index is 13.0. The Hall–Kier alpha value is -3.10. The second kappa shape index (κ2) is 10.1. The first-order valence-corrected chi connectivity index (χ1v) is 10.1. The number of ether oxygens (including phenoxy) is 1. The van der Waals surface area contributed by atoms with E-state index in [2.05, 4.69) is 31.8 Å². The fourth-order valence-corrected chi connectivity index (χ4v) is 3.07. The minimum absolute atomic E-state index is 0.228. The van der Waals surface area contributed by atoms with Crippen LogP contribution in [0.25, 0.3) is 0 Å². The summed E-state index contributed by atoms with van der Waals surface area (Å²) in [6.07, 6.45) is 1.49. The molecule has 0 aliphatic rings. The summed E-state index contributed by atoms with van der Waals surface area (Å²) in [4.78, 5) is 12.5. The summed E-state index contributed by atoms with van der Waals surface area (Å²) in [5, 5.41) is 7.20. The molecule has 0 amide bonds. The highest BCUT2D eigenvalue weighted by Gasteiger charge is 2.13. The number of anilines is 1.